The molecule has 6 nitrogen and oxygen atoms in total. The van der Waals surface area contributed by atoms with Crippen LogP contribution in [0.3, 0.4) is 0 Å². The van der Waals surface area contributed by atoms with Crippen molar-refractivity contribution in [3.05, 3.63) is 71.3 Å². The van der Waals surface area contributed by atoms with Gasteiger partial charge in [0.1, 0.15) is 0 Å². The van der Waals surface area contributed by atoms with E-state index in [0.29, 0.717) is 19.0 Å². The van der Waals surface area contributed by atoms with E-state index in [2.05, 4.69) is 59.3 Å². The van der Waals surface area contributed by atoms with Crippen molar-refractivity contribution in [2.24, 2.45) is 5.92 Å². The van der Waals surface area contributed by atoms with Crippen LogP contribution in [0.4, 0.5) is 0 Å². The minimum Gasteiger partial charge on any atom is -0.338 e. The summed E-state index contributed by atoms with van der Waals surface area (Å²) in [5.74, 6) is 0.660. The Labute approximate surface area is 222 Å². The topological polar surface area (TPSA) is 55.9 Å². The van der Waals surface area contributed by atoms with E-state index >= 15 is 0 Å². The van der Waals surface area contributed by atoms with E-state index in [0.717, 1.165) is 62.9 Å². The number of amides is 2. The Kier molecular flexibility index (Phi) is 7.68. The quantitative estimate of drug-likeness (QED) is 0.635. The highest BCUT2D eigenvalue weighted by Crippen LogP contribution is 2.39. The number of rotatable bonds is 6. The molecule has 1 N–H and O–H groups in total. The highest BCUT2D eigenvalue weighted by Gasteiger charge is 2.55. The minimum atomic E-state index is -0.346. The van der Waals surface area contributed by atoms with E-state index in [9.17, 15) is 9.59 Å². The number of benzene rings is 2. The molecule has 0 bridgehead atoms. The van der Waals surface area contributed by atoms with E-state index in [4.69, 9.17) is 0 Å². The average molecular weight is 503 g/mol. The molecule has 3 saturated heterocycles. The summed E-state index contributed by atoms with van der Waals surface area (Å²) < 4.78 is 0. The first kappa shape index (κ1) is 25.9. The zero-order valence-corrected chi connectivity index (χ0v) is 22.7. The van der Waals surface area contributed by atoms with Gasteiger partial charge in [-0.3, -0.25) is 19.8 Å². The van der Waals surface area contributed by atoms with Crippen LogP contribution in [-0.2, 0) is 11.3 Å². The highest BCUT2D eigenvalue weighted by molar-refractivity contribution is 5.94. The maximum Gasteiger partial charge on any atom is 0.253 e. The number of likely N-dealkylation sites (tertiary alicyclic amines) is 2. The number of hydrogen-bond donors (Lipinski definition) is 1. The Morgan fingerprint density at radius 1 is 1.00 bits per heavy atom. The molecular formula is C31H42N4O2. The lowest BCUT2D eigenvalue weighted by molar-refractivity contribution is -0.138. The lowest BCUT2D eigenvalue weighted by Gasteiger charge is -2.49. The molecule has 0 saturated carbocycles. The molecule has 2 atom stereocenters. The smallest absolute Gasteiger partial charge is 0.253 e. The Bertz CT molecular complexity index is 1070. The summed E-state index contributed by atoms with van der Waals surface area (Å²) in [6.07, 6.45) is 4.55. The SMILES string of the molecule is CCC(C)C1NC2(CCN(C(=O)c3ccc(C)cc3)CC2)N(C2CCN(Cc3ccccc3)CC2)C1=O. The van der Waals surface area contributed by atoms with Crippen LogP contribution in [0.5, 0.6) is 0 Å². The third kappa shape index (κ3) is 5.32. The molecule has 2 unspecified atom stereocenters. The molecule has 2 amide bonds. The van der Waals surface area contributed by atoms with Crippen LogP contribution < -0.4 is 5.32 Å². The Hall–Kier alpha value is -2.70. The van der Waals surface area contributed by atoms with Crippen molar-refractivity contribution < 1.29 is 9.59 Å². The zero-order chi connectivity index (χ0) is 26.0. The van der Waals surface area contributed by atoms with Gasteiger partial charge in [-0.05, 0) is 43.4 Å². The number of piperidine rings is 2. The summed E-state index contributed by atoms with van der Waals surface area (Å²) in [7, 11) is 0. The van der Waals surface area contributed by atoms with Gasteiger partial charge < -0.3 is 9.80 Å². The summed E-state index contributed by atoms with van der Waals surface area (Å²) in [4.78, 5) is 33.8. The molecule has 3 aliphatic heterocycles. The predicted octanol–water partition coefficient (Wildman–Crippen LogP) is 4.44. The monoisotopic (exact) mass is 502 g/mol. The number of hydrogen-bond acceptors (Lipinski definition) is 4. The molecule has 0 aliphatic carbocycles. The van der Waals surface area contributed by atoms with Gasteiger partial charge >= 0.3 is 0 Å². The van der Waals surface area contributed by atoms with Crippen molar-refractivity contribution in [1.82, 2.24) is 20.0 Å². The van der Waals surface area contributed by atoms with E-state index < -0.39 is 0 Å². The molecule has 2 aromatic rings. The first-order valence-corrected chi connectivity index (χ1v) is 14.1. The number of nitrogens with one attached hydrogen (secondary N) is 1. The van der Waals surface area contributed by atoms with Crippen molar-refractivity contribution in [3.8, 4) is 0 Å². The van der Waals surface area contributed by atoms with Crippen molar-refractivity contribution in [3.63, 3.8) is 0 Å². The lowest BCUT2D eigenvalue weighted by atomic mass is 9.91. The minimum absolute atomic E-state index is 0.0958. The van der Waals surface area contributed by atoms with E-state index in [1.54, 1.807) is 0 Å². The number of carbonyl (C=O) groups is 2. The maximum atomic E-state index is 13.9. The van der Waals surface area contributed by atoms with Crippen LogP contribution in [0.2, 0.25) is 0 Å². The fourth-order valence-corrected chi connectivity index (χ4v) is 6.45. The maximum absolute atomic E-state index is 13.9. The van der Waals surface area contributed by atoms with Crippen LogP contribution in [0.25, 0.3) is 0 Å². The summed E-state index contributed by atoms with van der Waals surface area (Å²) in [5.41, 5.74) is 2.90. The predicted molar refractivity (Wildman–Crippen MR) is 147 cm³/mol. The standard InChI is InChI=1S/C31H42N4O2/c1-4-24(3)28-30(37)35(27-14-18-33(19-15-27)22-25-8-6-5-7-9-25)31(32-28)16-20-34(21-17-31)29(36)26-12-10-23(2)11-13-26/h5-13,24,27-28,32H,4,14-22H2,1-3H3. The molecule has 5 rings (SSSR count). The number of carbonyl (C=O) groups excluding carboxylic acids is 2. The van der Waals surface area contributed by atoms with Gasteiger partial charge in [-0.2, -0.15) is 0 Å². The summed E-state index contributed by atoms with van der Waals surface area (Å²) in [6, 6.07) is 18.6. The van der Waals surface area contributed by atoms with Crippen molar-refractivity contribution in [2.45, 2.75) is 77.2 Å². The van der Waals surface area contributed by atoms with Crippen LogP contribution in [-0.4, -0.2) is 70.4 Å². The molecule has 198 valence electrons. The first-order valence-electron chi connectivity index (χ1n) is 14.1. The molecule has 0 radical (unpaired) electrons. The van der Waals surface area contributed by atoms with Gasteiger partial charge in [0.15, 0.2) is 0 Å². The van der Waals surface area contributed by atoms with Gasteiger partial charge in [-0.1, -0.05) is 68.3 Å². The summed E-state index contributed by atoms with van der Waals surface area (Å²) >= 11 is 0. The molecule has 3 fully saturated rings. The Balaban J connectivity index is 1.28. The first-order chi connectivity index (χ1) is 17.9. The number of nitrogens with zero attached hydrogens (tertiary/aromatic N) is 3. The average Bonchev–Trinajstić information content (AvgIpc) is 3.21. The molecule has 3 heterocycles. The normalized spacial score (nSPS) is 23.5. The molecule has 6 heteroatoms. The summed E-state index contributed by atoms with van der Waals surface area (Å²) in [6.45, 7) is 10.7. The molecule has 37 heavy (non-hydrogen) atoms. The van der Waals surface area contributed by atoms with Gasteiger partial charge in [-0.15, -0.1) is 0 Å². The Morgan fingerprint density at radius 3 is 2.27 bits per heavy atom. The van der Waals surface area contributed by atoms with Crippen LogP contribution in [0.1, 0.15) is 67.4 Å². The second kappa shape index (κ2) is 11.0. The van der Waals surface area contributed by atoms with E-state index in [-0.39, 0.29) is 29.6 Å². The molecule has 3 aliphatic rings. The van der Waals surface area contributed by atoms with E-state index in [1.165, 1.54) is 5.56 Å². The van der Waals surface area contributed by atoms with Crippen molar-refractivity contribution in [1.29, 1.82) is 0 Å². The zero-order valence-electron chi connectivity index (χ0n) is 22.7. The largest absolute Gasteiger partial charge is 0.338 e. The summed E-state index contributed by atoms with van der Waals surface area (Å²) in [5, 5.41) is 3.84. The van der Waals surface area contributed by atoms with E-state index in [1.807, 2.05) is 36.1 Å². The van der Waals surface area contributed by atoms with Gasteiger partial charge in [0.05, 0.1) is 11.7 Å². The molecule has 0 aromatic heterocycles. The van der Waals surface area contributed by atoms with Crippen LogP contribution >= 0.6 is 0 Å². The molecular weight excluding hydrogens is 460 g/mol. The van der Waals surface area contributed by atoms with Crippen LogP contribution in [0, 0.1) is 12.8 Å². The van der Waals surface area contributed by atoms with Gasteiger partial charge in [0.2, 0.25) is 5.91 Å². The van der Waals surface area contributed by atoms with Gasteiger partial charge in [0.25, 0.3) is 5.91 Å². The second-order valence-electron chi connectivity index (χ2n) is 11.4. The van der Waals surface area contributed by atoms with Gasteiger partial charge in [-0.25, -0.2) is 0 Å². The molecule has 2 aromatic carbocycles. The Morgan fingerprint density at radius 2 is 1.65 bits per heavy atom. The number of aryl methyl sites for hydroxylation is 1. The van der Waals surface area contributed by atoms with Crippen molar-refractivity contribution in [2.75, 3.05) is 26.2 Å². The van der Waals surface area contributed by atoms with Gasteiger partial charge in [0, 0.05) is 57.2 Å². The molecule has 1 spiro atoms. The van der Waals surface area contributed by atoms with Crippen molar-refractivity contribution >= 4 is 11.8 Å². The highest BCUT2D eigenvalue weighted by atomic mass is 16.2. The second-order valence-corrected chi connectivity index (χ2v) is 11.4. The fourth-order valence-electron chi connectivity index (χ4n) is 6.45. The van der Waals surface area contributed by atoms with Crippen LogP contribution in [0.15, 0.2) is 54.6 Å². The fraction of sp³-hybridized carbons (Fsp3) is 0.548. The third-order valence-corrected chi connectivity index (χ3v) is 8.95. The lowest BCUT2D eigenvalue weighted by Crippen LogP contribution is -2.63. The third-order valence-electron chi connectivity index (χ3n) is 8.95.